The molecule has 2 N–H and O–H groups in total. The Morgan fingerprint density at radius 1 is 1.32 bits per heavy atom. The van der Waals surface area contributed by atoms with Crippen molar-refractivity contribution in [3.63, 3.8) is 0 Å². The zero-order chi connectivity index (χ0) is 14.0. The van der Waals surface area contributed by atoms with Crippen LogP contribution in [0, 0.1) is 17.1 Å². The lowest BCUT2D eigenvalue weighted by molar-refractivity contribution is 0.0696. The topological polar surface area (TPSA) is 93.9 Å². The van der Waals surface area contributed by atoms with Gasteiger partial charge in [0, 0.05) is 11.8 Å². The quantitative estimate of drug-likeness (QED) is 0.857. The van der Waals surface area contributed by atoms with Crippen LogP contribution >= 0.6 is 0 Å². The maximum absolute atomic E-state index is 13.7. The van der Waals surface area contributed by atoms with E-state index in [1.54, 1.807) is 0 Å². The molecule has 19 heavy (non-hydrogen) atoms. The van der Waals surface area contributed by atoms with Crippen molar-refractivity contribution in [3.05, 3.63) is 57.8 Å². The van der Waals surface area contributed by atoms with Gasteiger partial charge in [-0.05, 0) is 24.3 Å². The SMILES string of the molecule is N#Cc1ccc(F)c(-c2cc(C(=O)O)c[nH]c2=O)c1. The molecule has 0 atom stereocenters. The van der Waals surface area contributed by atoms with E-state index >= 15 is 0 Å². The Bertz CT molecular complexity index is 759. The Hall–Kier alpha value is -2.94. The maximum Gasteiger partial charge on any atom is 0.337 e. The molecule has 0 radical (unpaired) electrons. The minimum atomic E-state index is -1.24. The molecule has 6 heteroatoms. The first-order chi connectivity index (χ1) is 9.02. The van der Waals surface area contributed by atoms with Crippen molar-refractivity contribution in [3.8, 4) is 17.2 Å². The molecule has 0 aliphatic heterocycles. The number of nitriles is 1. The van der Waals surface area contributed by atoms with E-state index < -0.39 is 17.3 Å². The summed E-state index contributed by atoms with van der Waals surface area (Å²) < 4.78 is 13.7. The molecular formula is C13H7FN2O3. The molecule has 0 aliphatic rings. The van der Waals surface area contributed by atoms with Crippen LogP contribution in [0.4, 0.5) is 4.39 Å². The van der Waals surface area contributed by atoms with Crippen LogP contribution in [0.5, 0.6) is 0 Å². The summed E-state index contributed by atoms with van der Waals surface area (Å²) in [4.78, 5) is 24.7. The predicted molar refractivity (Wildman–Crippen MR) is 64.1 cm³/mol. The Labute approximate surface area is 106 Å². The van der Waals surface area contributed by atoms with Gasteiger partial charge in [-0.15, -0.1) is 0 Å². The first-order valence-electron chi connectivity index (χ1n) is 5.19. The average molecular weight is 258 g/mol. The van der Waals surface area contributed by atoms with Crippen LogP contribution in [0.3, 0.4) is 0 Å². The van der Waals surface area contributed by atoms with E-state index in [2.05, 4.69) is 4.98 Å². The number of aromatic amines is 1. The van der Waals surface area contributed by atoms with Gasteiger partial charge in [0.05, 0.1) is 22.8 Å². The van der Waals surface area contributed by atoms with Crippen LogP contribution in [0.25, 0.3) is 11.1 Å². The number of nitrogens with one attached hydrogen (secondary N) is 1. The van der Waals surface area contributed by atoms with Crippen molar-refractivity contribution in [2.45, 2.75) is 0 Å². The van der Waals surface area contributed by atoms with E-state index in [0.717, 1.165) is 18.3 Å². The number of aromatic carboxylic acids is 1. The van der Waals surface area contributed by atoms with Gasteiger partial charge in [0.1, 0.15) is 5.82 Å². The Morgan fingerprint density at radius 2 is 2.05 bits per heavy atom. The number of carboxylic acids is 1. The smallest absolute Gasteiger partial charge is 0.337 e. The number of H-pyrrole nitrogens is 1. The first-order valence-corrected chi connectivity index (χ1v) is 5.19. The van der Waals surface area contributed by atoms with Gasteiger partial charge in [-0.2, -0.15) is 5.26 Å². The van der Waals surface area contributed by atoms with Gasteiger partial charge >= 0.3 is 5.97 Å². The summed E-state index contributed by atoms with van der Waals surface area (Å²) in [5, 5.41) is 17.6. The fourth-order valence-electron chi connectivity index (χ4n) is 1.61. The van der Waals surface area contributed by atoms with E-state index in [4.69, 9.17) is 10.4 Å². The molecule has 0 saturated heterocycles. The summed E-state index contributed by atoms with van der Waals surface area (Å²) in [6.45, 7) is 0. The fraction of sp³-hybridized carbons (Fsp3) is 0. The van der Waals surface area contributed by atoms with Crippen molar-refractivity contribution < 1.29 is 14.3 Å². The molecule has 0 saturated carbocycles. The van der Waals surface area contributed by atoms with Crippen molar-refractivity contribution in [2.75, 3.05) is 0 Å². The second kappa shape index (κ2) is 4.74. The van der Waals surface area contributed by atoms with Crippen LogP contribution in [0.2, 0.25) is 0 Å². The minimum Gasteiger partial charge on any atom is -0.478 e. The van der Waals surface area contributed by atoms with Gasteiger partial charge < -0.3 is 10.1 Å². The van der Waals surface area contributed by atoms with Crippen LogP contribution in [-0.4, -0.2) is 16.1 Å². The number of carbonyl (C=O) groups is 1. The van der Waals surface area contributed by atoms with Gasteiger partial charge in [-0.1, -0.05) is 0 Å². The zero-order valence-electron chi connectivity index (χ0n) is 9.48. The molecule has 0 unspecified atom stereocenters. The second-order valence-corrected chi connectivity index (χ2v) is 3.74. The molecule has 0 fully saturated rings. The standard InChI is InChI=1S/C13H7FN2O3/c14-11-2-1-7(5-15)3-9(11)10-4-8(13(18)19)6-16-12(10)17/h1-4,6H,(H,16,17)(H,18,19). The van der Waals surface area contributed by atoms with Gasteiger partial charge in [0.2, 0.25) is 0 Å². The number of benzene rings is 1. The van der Waals surface area contributed by atoms with Crippen LogP contribution in [0.15, 0.2) is 35.3 Å². The molecule has 5 nitrogen and oxygen atoms in total. The number of carboxylic acid groups (broad SMARTS) is 1. The molecule has 2 aromatic rings. The lowest BCUT2D eigenvalue weighted by atomic mass is 10.0. The molecule has 0 spiro atoms. The zero-order valence-corrected chi connectivity index (χ0v) is 9.48. The molecule has 0 aliphatic carbocycles. The molecule has 0 amide bonds. The molecule has 1 heterocycles. The molecule has 1 aromatic carbocycles. The Morgan fingerprint density at radius 3 is 2.68 bits per heavy atom. The number of halogens is 1. The normalized spacial score (nSPS) is 9.89. The fourth-order valence-corrected chi connectivity index (χ4v) is 1.61. The third-order valence-corrected chi connectivity index (χ3v) is 2.54. The Kier molecular flexibility index (Phi) is 3.12. The highest BCUT2D eigenvalue weighted by molar-refractivity contribution is 5.88. The number of pyridine rings is 1. The Balaban J connectivity index is 2.71. The number of aromatic nitrogens is 1. The summed E-state index contributed by atoms with van der Waals surface area (Å²) in [5.74, 6) is -1.94. The van der Waals surface area contributed by atoms with E-state index in [1.807, 2.05) is 6.07 Å². The van der Waals surface area contributed by atoms with Crippen LogP contribution in [0.1, 0.15) is 15.9 Å². The molecular weight excluding hydrogens is 251 g/mol. The van der Waals surface area contributed by atoms with Crippen molar-refractivity contribution in [2.24, 2.45) is 0 Å². The number of rotatable bonds is 2. The number of hydrogen-bond acceptors (Lipinski definition) is 3. The highest BCUT2D eigenvalue weighted by Crippen LogP contribution is 2.21. The lowest BCUT2D eigenvalue weighted by Gasteiger charge is -2.04. The maximum atomic E-state index is 13.7. The van der Waals surface area contributed by atoms with Gasteiger partial charge in [0.25, 0.3) is 5.56 Å². The van der Waals surface area contributed by atoms with Gasteiger partial charge in [-0.25, -0.2) is 9.18 Å². The van der Waals surface area contributed by atoms with Gasteiger partial charge in [0.15, 0.2) is 0 Å². The third kappa shape index (κ3) is 2.35. The third-order valence-electron chi connectivity index (χ3n) is 2.54. The van der Waals surface area contributed by atoms with Gasteiger partial charge in [-0.3, -0.25) is 4.79 Å². The monoisotopic (exact) mass is 258 g/mol. The average Bonchev–Trinajstić information content (AvgIpc) is 2.40. The summed E-state index contributed by atoms with van der Waals surface area (Å²) in [6, 6.07) is 6.42. The summed E-state index contributed by atoms with van der Waals surface area (Å²) in [6.07, 6.45) is 1.03. The van der Waals surface area contributed by atoms with Crippen LogP contribution < -0.4 is 5.56 Å². The summed E-state index contributed by atoms with van der Waals surface area (Å²) in [7, 11) is 0. The number of nitrogens with zero attached hydrogens (tertiary/aromatic N) is 1. The number of hydrogen-bond donors (Lipinski definition) is 2. The summed E-state index contributed by atoms with van der Waals surface area (Å²) in [5.41, 5.74) is -0.857. The molecule has 2 rings (SSSR count). The largest absolute Gasteiger partial charge is 0.478 e. The van der Waals surface area contributed by atoms with E-state index in [-0.39, 0.29) is 22.3 Å². The second-order valence-electron chi connectivity index (χ2n) is 3.74. The highest BCUT2D eigenvalue weighted by Gasteiger charge is 2.13. The van der Waals surface area contributed by atoms with E-state index in [0.29, 0.717) is 0 Å². The van der Waals surface area contributed by atoms with Crippen LogP contribution in [-0.2, 0) is 0 Å². The highest BCUT2D eigenvalue weighted by atomic mass is 19.1. The predicted octanol–water partition coefficient (Wildman–Crippen LogP) is 1.75. The first kappa shape index (κ1) is 12.5. The lowest BCUT2D eigenvalue weighted by Crippen LogP contribution is -2.12. The molecule has 1 aromatic heterocycles. The molecule has 0 bridgehead atoms. The van der Waals surface area contributed by atoms with Crippen molar-refractivity contribution >= 4 is 5.97 Å². The molecule has 94 valence electrons. The van der Waals surface area contributed by atoms with E-state index in [1.165, 1.54) is 12.1 Å². The minimum absolute atomic E-state index is 0.108. The summed E-state index contributed by atoms with van der Waals surface area (Å²) >= 11 is 0. The van der Waals surface area contributed by atoms with E-state index in [9.17, 15) is 14.0 Å². The van der Waals surface area contributed by atoms with Crippen molar-refractivity contribution in [1.82, 2.24) is 4.98 Å². The van der Waals surface area contributed by atoms with Crippen molar-refractivity contribution in [1.29, 1.82) is 5.26 Å².